The minimum absolute atomic E-state index is 0.0508. The summed E-state index contributed by atoms with van der Waals surface area (Å²) in [6.07, 6.45) is 5.22. The molecule has 1 saturated carbocycles. The number of benzene rings is 1. The summed E-state index contributed by atoms with van der Waals surface area (Å²) < 4.78 is 10.8. The number of Topliss-reactive ketones (excluding diaryl/α,β-unsaturated/α-hetero) is 1. The Kier molecular flexibility index (Phi) is 6.11. The summed E-state index contributed by atoms with van der Waals surface area (Å²) in [5, 5.41) is 0. The molecular weight excluding hydrogens is 354 g/mol. The molecule has 0 bridgehead atoms. The van der Waals surface area contributed by atoms with Crippen molar-refractivity contribution in [3.05, 3.63) is 35.4 Å². The van der Waals surface area contributed by atoms with E-state index in [-0.39, 0.29) is 12.3 Å². The van der Waals surface area contributed by atoms with Crippen LogP contribution in [0.3, 0.4) is 0 Å². The molecule has 0 atom stereocenters. The van der Waals surface area contributed by atoms with Gasteiger partial charge in [-0.15, -0.1) is 0 Å². The van der Waals surface area contributed by atoms with Crippen molar-refractivity contribution in [3.63, 3.8) is 0 Å². The maximum Gasteiger partial charge on any atom is 0.411 e. The minimum Gasteiger partial charge on any atom is -0.497 e. The summed E-state index contributed by atoms with van der Waals surface area (Å²) >= 11 is 0. The fraction of sp³-hybridized carbons (Fsp3) is 0.565. The number of carbonyl (C=O) groups excluding carboxylic acids is 2. The van der Waals surface area contributed by atoms with Crippen LogP contribution in [0.25, 0.3) is 5.57 Å². The fourth-order valence-electron chi connectivity index (χ4n) is 4.12. The highest BCUT2D eigenvalue weighted by atomic mass is 16.6. The second-order valence-corrected chi connectivity index (χ2v) is 8.72. The van der Waals surface area contributed by atoms with Crippen molar-refractivity contribution in [3.8, 4) is 5.75 Å². The lowest BCUT2D eigenvalue weighted by Crippen LogP contribution is -2.45. The average Bonchev–Trinajstić information content (AvgIpc) is 2.66. The van der Waals surface area contributed by atoms with E-state index in [4.69, 9.17) is 9.47 Å². The molecule has 1 aliphatic heterocycles. The topological polar surface area (TPSA) is 55.8 Å². The summed E-state index contributed by atoms with van der Waals surface area (Å²) in [6, 6.07) is 7.75. The highest BCUT2D eigenvalue weighted by Crippen LogP contribution is 2.37. The van der Waals surface area contributed by atoms with Crippen molar-refractivity contribution in [1.82, 2.24) is 4.90 Å². The van der Waals surface area contributed by atoms with E-state index in [1.165, 1.54) is 11.3 Å². The molecular formula is C23H31NO4. The first-order valence-corrected chi connectivity index (χ1v) is 10.2. The maximum absolute atomic E-state index is 13.1. The smallest absolute Gasteiger partial charge is 0.411 e. The molecule has 5 heteroatoms. The normalized spacial score (nSPS) is 19.0. The van der Waals surface area contributed by atoms with Crippen LogP contribution >= 0.6 is 0 Å². The van der Waals surface area contributed by atoms with E-state index < -0.39 is 11.7 Å². The third kappa shape index (κ3) is 4.75. The molecule has 1 heterocycles. The number of carbonyl (C=O) groups is 2. The second kappa shape index (κ2) is 8.38. The summed E-state index contributed by atoms with van der Waals surface area (Å²) in [7, 11) is 1.64. The molecule has 0 N–H and O–H groups in total. The van der Waals surface area contributed by atoms with Gasteiger partial charge in [0.2, 0.25) is 0 Å². The third-order valence-corrected chi connectivity index (χ3v) is 5.41. The van der Waals surface area contributed by atoms with E-state index in [1.807, 2.05) is 45.0 Å². The average molecular weight is 386 g/mol. The van der Waals surface area contributed by atoms with Crippen molar-refractivity contribution in [2.24, 2.45) is 5.92 Å². The number of nitrogens with zero attached hydrogens (tertiary/aromatic N) is 1. The molecule has 28 heavy (non-hydrogen) atoms. The number of ether oxygens (including phenoxy) is 2. The van der Waals surface area contributed by atoms with Crippen LogP contribution in [0.1, 0.15) is 58.4 Å². The van der Waals surface area contributed by atoms with Crippen LogP contribution in [0.5, 0.6) is 5.75 Å². The SMILES string of the molecule is COc1ccc(C2=C(C3CCCCC3)C(=O)CN(C(=O)OC(C)(C)C)C2)cc1. The van der Waals surface area contributed by atoms with E-state index in [0.29, 0.717) is 12.5 Å². The number of methoxy groups -OCH3 is 1. The number of amides is 1. The van der Waals surface area contributed by atoms with E-state index in [2.05, 4.69) is 0 Å². The zero-order valence-electron chi connectivity index (χ0n) is 17.4. The van der Waals surface area contributed by atoms with Gasteiger partial charge in [0, 0.05) is 5.57 Å². The van der Waals surface area contributed by atoms with Gasteiger partial charge in [-0.1, -0.05) is 31.4 Å². The third-order valence-electron chi connectivity index (χ3n) is 5.41. The zero-order valence-corrected chi connectivity index (χ0v) is 17.4. The number of hydrogen-bond acceptors (Lipinski definition) is 4. The summed E-state index contributed by atoms with van der Waals surface area (Å²) in [6.45, 7) is 6.01. The molecule has 0 unspecified atom stereocenters. The molecule has 2 aliphatic rings. The molecule has 0 spiro atoms. The van der Waals surface area contributed by atoms with E-state index in [0.717, 1.165) is 48.1 Å². The lowest BCUT2D eigenvalue weighted by Gasteiger charge is -2.35. The van der Waals surface area contributed by atoms with Crippen LogP contribution in [-0.2, 0) is 9.53 Å². The van der Waals surface area contributed by atoms with Gasteiger partial charge in [-0.2, -0.15) is 0 Å². The quantitative estimate of drug-likeness (QED) is 0.746. The molecule has 5 nitrogen and oxygen atoms in total. The van der Waals surface area contributed by atoms with Gasteiger partial charge in [0.15, 0.2) is 5.78 Å². The van der Waals surface area contributed by atoms with Crippen molar-refractivity contribution >= 4 is 17.4 Å². The lowest BCUT2D eigenvalue weighted by molar-refractivity contribution is -0.117. The highest BCUT2D eigenvalue weighted by molar-refractivity contribution is 6.07. The molecule has 0 aromatic heterocycles. The van der Waals surface area contributed by atoms with Gasteiger partial charge in [-0.05, 0) is 62.8 Å². The monoisotopic (exact) mass is 385 g/mol. The van der Waals surface area contributed by atoms with Gasteiger partial charge >= 0.3 is 6.09 Å². The Morgan fingerprint density at radius 2 is 1.68 bits per heavy atom. The molecule has 1 aliphatic carbocycles. The first-order chi connectivity index (χ1) is 13.3. The Bertz CT molecular complexity index is 752. The zero-order chi connectivity index (χ0) is 20.3. The van der Waals surface area contributed by atoms with Crippen LogP contribution in [-0.4, -0.2) is 42.6 Å². The fourth-order valence-corrected chi connectivity index (χ4v) is 4.12. The summed E-state index contributed by atoms with van der Waals surface area (Å²) in [5.74, 6) is 1.11. The predicted octanol–water partition coefficient (Wildman–Crippen LogP) is 4.85. The molecule has 3 rings (SSSR count). The number of hydrogen-bond donors (Lipinski definition) is 0. The lowest BCUT2D eigenvalue weighted by atomic mass is 9.77. The molecule has 0 saturated heterocycles. The van der Waals surface area contributed by atoms with Gasteiger partial charge in [0.05, 0.1) is 20.2 Å². The maximum atomic E-state index is 13.1. The predicted molar refractivity (Wildman–Crippen MR) is 109 cm³/mol. The van der Waals surface area contributed by atoms with Gasteiger partial charge in [0.1, 0.15) is 11.4 Å². The summed E-state index contributed by atoms with van der Waals surface area (Å²) in [4.78, 5) is 27.3. The van der Waals surface area contributed by atoms with E-state index in [9.17, 15) is 9.59 Å². The van der Waals surface area contributed by atoms with Crippen molar-refractivity contribution in [2.75, 3.05) is 20.2 Å². The number of ketones is 1. The Morgan fingerprint density at radius 1 is 1.04 bits per heavy atom. The Labute approximate surface area is 167 Å². The first-order valence-electron chi connectivity index (χ1n) is 10.2. The first kappa shape index (κ1) is 20.4. The van der Waals surface area contributed by atoms with Crippen LogP contribution in [0.2, 0.25) is 0 Å². The standard InChI is InChI=1S/C23H31NO4/c1-23(2,3)28-22(26)24-14-19(16-10-12-18(27-4)13-11-16)21(20(25)15-24)17-8-6-5-7-9-17/h10-13,17H,5-9,14-15H2,1-4H3. The molecule has 1 aromatic rings. The van der Waals surface area contributed by atoms with E-state index >= 15 is 0 Å². The second-order valence-electron chi connectivity index (χ2n) is 8.72. The van der Waals surface area contributed by atoms with Crippen LogP contribution in [0.4, 0.5) is 4.79 Å². The van der Waals surface area contributed by atoms with Crippen molar-refractivity contribution < 1.29 is 19.1 Å². The van der Waals surface area contributed by atoms with Gasteiger partial charge in [-0.3, -0.25) is 9.69 Å². The highest BCUT2D eigenvalue weighted by Gasteiger charge is 2.35. The Morgan fingerprint density at radius 3 is 2.25 bits per heavy atom. The van der Waals surface area contributed by atoms with Gasteiger partial charge in [-0.25, -0.2) is 4.79 Å². The minimum atomic E-state index is -0.590. The molecule has 0 radical (unpaired) electrons. The van der Waals surface area contributed by atoms with Crippen molar-refractivity contribution in [2.45, 2.75) is 58.5 Å². The van der Waals surface area contributed by atoms with E-state index in [1.54, 1.807) is 7.11 Å². The number of rotatable bonds is 3. The Balaban J connectivity index is 1.96. The summed E-state index contributed by atoms with van der Waals surface area (Å²) in [5.41, 5.74) is 2.26. The Hall–Kier alpha value is -2.30. The molecule has 152 valence electrons. The molecule has 1 fully saturated rings. The largest absolute Gasteiger partial charge is 0.497 e. The van der Waals surface area contributed by atoms with Crippen LogP contribution in [0, 0.1) is 5.92 Å². The van der Waals surface area contributed by atoms with Gasteiger partial charge in [0.25, 0.3) is 0 Å². The van der Waals surface area contributed by atoms with Crippen LogP contribution in [0.15, 0.2) is 29.8 Å². The van der Waals surface area contributed by atoms with Crippen molar-refractivity contribution in [1.29, 1.82) is 0 Å². The van der Waals surface area contributed by atoms with Gasteiger partial charge < -0.3 is 9.47 Å². The van der Waals surface area contributed by atoms with Crippen LogP contribution < -0.4 is 4.74 Å². The molecule has 1 amide bonds. The molecule has 1 aromatic carbocycles.